The van der Waals surface area contributed by atoms with E-state index in [1.54, 1.807) is 0 Å². The molecule has 3 heterocycles. The van der Waals surface area contributed by atoms with E-state index in [0.717, 1.165) is 16.5 Å². The molecule has 0 bridgehead atoms. The summed E-state index contributed by atoms with van der Waals surface area (Å²) >= 11 is 3.57. The van der Waals surface area contributed by atoms with Crippen molar-refractivity contribution in [2.75, 3.05) is 20.1 Å². The highest BCUT2D eigenvalue weighted by Crippen LogP contribution is 2.27. The fourth-order valence-electron chi connectivity index (χ4n) is 2.69. The summed E-state index contributed by atoms with van der Waals surface area (Å²) in [6, 6.07) is 4.13. The summed E-state index contributed by atoms with van der Waals surface area (Å²) in [6.07, 6.45) is 6.59. The van der Waals surface area contributed by atoms with Crippen molar-refractivity contribution in [2.24, 2.45) is 0 Å². The van der Waals surface area contributed by atoms with Gasteiger partial charge >= 0.3 is 0 Å². The fourth-order valence-corrected chi connectivity index (χ4v) is 3.13. The number of likely N-dealkylation sites (tertiary alicyclic amines) is 1. The molecule has 4 heteroatoms. The summed E-state index contributed by atoms with van der Waals surface area (Å²) in [5.41, 5.74) is 1.16. The Hall–Kier alpha value is -0.870. The van der Waals surface area contributed by atoms with Crippen LogP contribution in [0.15, 0.2) is 29.0 Å². The maximum absolute atomic E-state index is 4.62. The lowest BCUT2D eigenvalue weighted by Crippen LogP contribution is -2.31. The van der Waals surface area contributed by atoms with Gasteiger partial charge in [-0.15, -0.1) is 0 Å². The lowest BCUT2D eigenvalue weighted by atomic mass is 9.98. The van der Waals surface area contributed by atoms with Crippen molar-refractivity contribution in [3.63, 3.8) is 0 Å². The molecule has 0 radical (unpaired) electrons. The molecular weight excluding hydrogens is 278 g/mol. The second-order valence-corrected chi connectivity index (χ2v) is 5.68. The fraction of sp³-hybridized carbons (Fsp3) is 0.462. The molecular formula is C13H16BrN3. The van der Waals surface area contributed by atoms with Crippen LogP contribution in [-0.4, -0.2) is 34.4 Å². The van der Waals surface area contributed by atoms with Crippen LogP contribution in [0.4, 0.5) is 0 Å². The van der Waals surface area contributed by atoms with Crippen LogP contribution >= 0.6 is 15.9 Å². The Kier molecular flexibility index (Phi) is 2.92. The third-order valence-corrected chi connectivity index (χ3v) is 4.21. The Labute approximate surface area is 110 Å². The van der Waals surface area contributed by atoms with Crippen molar-refractivity contribution < 1.29 is 0 Å². The minimum Gasteiger partial charge on any atom is -0.306 e. The summed E-state index contributed by atoms with van der Waals surface area (Å²) in [5, 5.41) is 0. The Morgan fingerprint density at radius 3 is 3.18 bits per heavy atom. The summed E-state index contributed by atoms with van der Waals surface area (Å²) in [7, 11) is 2.19. The molecule has 1 aliphatic heterocycles. The highest BCUT2D eigenvalue weighted by Gasteiger charge is 2.22. The minimum atomic E-state index is 0.561. The molecule has 0 saturated carbocycles. The smallest absolute Gasteiger partial charge is 0.117 e. The zero-order valence-electron chi connectivity index (χ0n) is 9.93. The average molecular weight is 294 g/mol. The number of piperidine rings is 1. The van der Waals surface area contributed by atoms with Crippen LogP contribution in [0.3, 0.4) is 0 Å². The number of rotatable bonds is 1. The molecule has 90 valence electrons. The van der Waals surface area contributed by atoms with Gasteiger partial charge in [0.25, 0.3) is 0 Å². The molecule has 1 atom stereocenters. The Morgan fingerprint density at radius 2 is 2.35 bits per heavy atom. The van der Waals surface area contributed by atoms with Gasteiger partial charge in [-0.1, -0.05) is 0 Å². The Morgan fingerprint density at radius 1 is 1.47 bits per heavy atom. The number of aromatic nitrogens is 2. The van der Waals surface area contributed by atoms with E-state index < -0.39 is 0 Å². The van der Waals surface area contributed by atoms with E-state index in [0.29, 0.717) is 5.92 Å². The summed E-state index contributed by atoms with van der Waals surface area (Å²) in [6.45, 7) is 2.33. The van der Waals surface area contributed by atoms with Crippen LogP contribution in [0.2, 0.25) is 0 Å². The topological polar surface area (TPSA) is 20.5 Å². The largest absolute Gasteiger partial charge is 0.306 e. The van der Waals surface area contributed by atoms with E-state index in [4.69, 9.17) is 0 Å². The van der Waals surface area contributed by atoms with Crippen molar-refractivity contribution in [1.82, 2.24) is 14.3 Å². The van der Waals surface area contributed by atoms with Crippen LogP contribution in [0.25, 0.3) is 5.52 Å². The SMILES string of the molecule is CN1CCCC(c2ncc3c(Br)cccn23)C1. The number of hydrogen-bond donors (Lipinski definition) is 0. The van der Waals surface area contributed by atoms with Crippen LogP contribution in [0, 0.1) is 0 Å². The van der Waals surface area contributed by atoms with Gasteiger partial charge in [0, 0.05) is 23.1 Å². The highest BCUT2D eigenvalue weighted by molar-refractivity contribution is 9.10. The van der Waals surface area contributed by atoms with Gasteiger partial charge in [0.1, 0.15) is 5.82 Å². The van der Waals surface area contributed by atoms with E-state index in [1.165, 1.54) is 25.2 Å². The second-order valence-electron chi connectivity index (χ2n) is 4.83. The molecule has 0 aliphatic carbocycles. The van der Waals surface area contributed by atoms with Gasteiger partial charge in [-0.3, -0.25) is 0 Å². The standard InChI is InChI=1S/C13H16BrN3/c1-16-6-2-4-10(9-16)13-15-8-12-11(14)5-3-7-17(12)13/h3,5,7-8,10H,2,4,6,9H2,1H3. The molecule has 0 amide bonds. The van der Waals surface area contributed by atoms with E-state index in [2.05, 4.69) is 55.6 Å². The van der Waals surface area contributed by atoms with Crippen molar-refractivity contribution in [3.8, 4) is 0 Å². The Balaban J connectivity index is 2.02. The maximum Gasteiger partial charge on any atom is 0.117 e. The molecule has 3 nitrogen and oxygen atoms in total. The lowest BCUT2D eigenvalue weighted by Gasteiger charge is -2.28. The van der Waals surface area contributed by atoms with E-state index in [9.17, 15) is 0 Å². The van der Waals surface area contributed by atoms with Gasteiger partial charge in [-0.2, -0.15) is 0 Å². The van der Waals surface area contributed by atoms with Gasteiger partial charge in [-0.25, -0.2) is 4.98 Å². The number of pyridine rings is 1. The zero-order valence-corrected chi connectivity index (χ0v) is 11.5. The van der Waals surface area contributed by atoms with Crippen molar-refractivity contribution in [1.29, 1.82) is 0 Å². The lowest BCUT2D eigenvalue weighted by molar-refractivity contribution is 0.245. The first-order valence-electron chi connectivity index (χ1n) is 6.06. The number of nitrogens with zero attached hydrogens (tertiary/aromatic N) is 3. The first kappa shape index (κ1) is 11.2. The van der Waals surface area contributed by atoms with Crippen molar-refractivity contribution in [3.05, 3.63) is 34.8 Å². The van der Waals surface area contributed by atoms with Crippen molar-refractivity contribution in [2.45, 2.75) is 18.8 Å². The summed E-state index contributed by atoms with van der Waals surface area (Å²) in [4.78, 5) is 7.02. The number of fused-ring (bicyclic) bond motifs is 1. The van der Waals surface area contributed by atoms with E-state index in [1.807, 2.05) is 6.20 Å². The van der Waals surface area contributed by atoms with Crippen molar-refractivity contribution >= 4 is 21.4 Å². The molecule has 17 heavy (non-hydrogen) atoms. The third kappa shape index (κ3) is 2.00. The van der Waals surface area contributed by atoms with Gasteiger partial charge in [-0.05, 0) is 54.5 Å². The summed E-state index contributed by atoms with van der Waals surface area (Å²) in [5.74, 6) is 1.76. The average Bonchev–Trinajstić information content (AvgIpc) is 2.74. The van der Waals surface area contributed by atoms with Crippen LogP contribution in [0.5, 0.6) is 0 Å². The van der Waals surface area contributed by atoms with Crippen LogP contribution in [0.1, 0.15) is 24.6 Å². The number of hydrogen-bond acceptors (Lipinski definition) is 2. The Bertz CT molecular complexity index is 534. The van der Waals surface area contributed by atoms with Gasteiger partial charge in [0.15, 0.2) is 0 Å². The van der Waals surface area contributed by atoms with Crippen LogP contribution < -0.4 is 0 Å². The second kappa shape index (κ2) is 4.42. The number of halogens is 1. The molecule has 3 rings (SSSR count). The van der Waals surface area contributed by atoms with Crippen LogP contribution in [-0.2, 0) is 0 Å². The molecule has 1 aliphatic rings. The normalized spacial score (nSPS) is 22.1. The molecule has 0 aromatic carbocycles. The minimum absolute atomic E-state index is 0.561. The predicted molar refractivity (Wildman–Crippen MR) is 72.4 cm³/mol. The van der Waals surface area contributed by atoms with E-state index in [-0.39, 0.29) is 0 Å². The molecule has 2 aromatic heterocycles. The van der Waals surface area contributed by atoms with E-state index >= 15 is 0 Å². The van der Waals surface area contributed by atoms with Gasteiger partial charge in [0.2, 0.25) is 0 Å². The maximum atomic E-state index is 4.62. The third-order valence-electron chi connectivity index (χ3n) is 3.54. The van der Waals surface area contributed by atoms with Gasteiger partial charge in [0.05, 0.1) is 11.7 Å². The molecule has 2 aromatic rings. The monoisotopic (exact) mass is 293 g/mol. The molecule has 1 unspecified atom stereocenters. The first-order chi connectivity index (χ1) is 8.25. The molecule has 0 N–H and O–H groups in total. The number of likely N-dealkylation sites (N-methyl/N-ethyl adjacent to an activating group) is 1. The van der Waals surface area contributed by atoms with Gasteiger partial charge < -0.3 is 9.30 Å². The molecule has 1 fully saturated rings. The zero-order chi connectivity index (χ0) is 11.8. The summed E-state index contributed by atoms with van der Waals surface area (Å²) < 4.78 is 3.33. The highest BCUT2D eigenvalue weighted by atomic mass is 79.9. The first-order valence-corrected chi connectivity index (χ1v) is 6.85. The quantitative estimate of drug-likeness (QED) is 0.806. The number of imidazole rings is 1. The molecule has 0 spiro atoms. The molecule has 1 saturated heterocycles. The predicted octanol–water partition coefficient (Wildman–Crippen LogP) is 2.91.